The van der Waals surface area contributed by atoms with Crippen LogP contribution in [0.25, 0.3) is 0 Å². The quantitative estimate of drug-likeness (QED) is 0.810. The Morgan fingerprint density at radius 1 is 1.29 bits per heavy atom. The van der Waals surface area contributed by atoms with Crippen LogP contribution in [0.5, 0.6) is 0 Å². The van der Waals surface area contributed by atoms with E-state index in [0.29, 0.717) is 10.6 Å². The van der Waals surface area contributed by atoms with Crippen molar-refractivity contribution in [2.75, 3.05) is 0 Å². The molecule has 1 aromatic rings. The number of halogens is 1. The first-order chi connectivity index (χ1) is 7.96. The van der Waals surface area contributed by atoms with Crippen LogP contribution in [-0.2, 0) is 11.8 Å². The second-order valence-corrected chi connectivity index (χ2v) is 5.08. The van der Waals surface area contributed by atoms with Gasteiger partial charge in [-0.1, -0.05) is 38.4 Å². The summed E-state index contributed by atoms with van der Waals surface area (Å²) in [4.78, 5) is 0. The third-order valence-corrected chi connectivity index (χ3v) is 3.54. The van der Waals surface area contributed by atoms with Crippen LogP contribution in [0.15, 0.2) is 12.1 Å². The first-order valence-corrected chi connectivity index (χ1v) is 5.94. The van der Waals surface area contributed by atoms with Crippen LogP contribution in [0, 0.1) is 22.7 Å². The number of rotatable bonds is 3. The maximum atomic E-state index is 9.15. The number of benzene rings is 1. The summed E-state index contributed by atoms with van der Waals surface area (Å²) in [5.74, 6) is 0. The molecule has 0 spiro atoms. The van der Waals surface area contributed by atoms with Crippen LogP contribution in [0.2, 0.25) is 5.02 Å². The summed E-state index contributed by atoms with van der Waals surface area (Å²) in [7, 11) is 0. The summed E-state index contributed by atoms with van der Waals surface area (Å²) in [6.45, 7) is 6.26. The second kappa shape index (κ2) is 5.21. The van der Waals surface area contributed by atoms with Crippen LogP contribution in [0.4, 0.5) is 0 Å². The Hall–Kier alpha value is -1.51. The minimum Gasteiger partial charge on any atom is -0.198 e. The van der Waals surface area contributed by atoms with Crippen molar-refractivity contribution < 1.29 is 0 Å². The van der Waals surface area contributed by atoms with Gasteiger partial charge in [-0.2, -0.15) is 10.5 Å². The SMILES string of the molecule is CCC(C)(C)c1cc(CC#N)c(Cl)cc1C#N. The standard InChI is InChI=1S/C14H15ClN2/c1-4-14(2,3)12-7-10(5-6-16)13(15)8-11(12)9-17/h7-8H,4-5H2,1-3H3. The molecule has 1 aromatic carbocycles. The van der Waals surface area contributed by atoms with Gasteiger partial charge in [0.25, 0.3) is 0 Å². The predicted octanol–water partition coefficient (Wildman–Crippen LogP) is 3.97. The maximum absolute atomic E-state index is 9.15. The van der Waals surface area contributed by atoms with E-state index in [1.807, 2.05) is 6.07 Å². The van der Waals surface area contributed by atoms with Crippen molar-refractivity contribution in [3.05, 3.63) is 33.8 Å². The van der Waals surface area contributed by atoms with Crippen LogP contribution in [0.1, 0.15) is 43.9 Å². The first-order valence-electron chi connectivity index (χ1n) is 5.56. The summed E-state index contributed by atoms with van der Waals surface area (Å²) in [5.41, 5.74) is 2.28. The van der Waals surface area contributed by atoms with Crippen molar-refractivity contribution in [3.8, 4) is 12.1 Å². The fraction of sp³-hybridized carbons (Fsp3) is 0.429. The van der Waals surface area contributed by atoms with E-state index in [9.17, 15) is 0 Å². The van der Waals surface area contributed by atoms with Crippen molar-refractivity contribution in [2.24, 2.45) is 0 Å². The summed E-state index contributed by atoms with van der Waals surface area (Å²) < 4.78 is 0. The molecular formula is C14H15ClN2. The molecule has 0 aliphatic rings. The van der Waals surface area contributed by atoms with Crippen LogP contribution in [-0.4, -0.2) is 0 Å². The lowest BCUT2D eigenvalue weighted by atomic mass is 9.79. The van der Waals surface area contributed by atoms with Crippen LogP contribution < -0.4 is 0 Å². The lowest BCUT2D eigenvalue weighted by Crippen LogP contribution is -2.17. The molecule has 17 heavy (non-hydrogen) atoms. The molecule has 0 saturated heterocycles. The lowest BCUT2D eigenvalue weighted by molar-refractivity contribution is 0.504. The maximum Gasteiger partial charge on any atom is 0.0995 e. The molecule has 0 amide bonds. The molecule has 0 aromatic heterocycles. The minimum absolute atomic E-state index is 0.0835. The van der Waals surface area contributed by atoms with Gasteiger partial charge < -0.3 is 0 Å². The van der Waals surface area contributed by atoms with Gasteiger partial charge in [0, 0.05) is 5.02 Å². The molecule has 0 saturated carbocycles. The minimum atomic E-state index is -0.0835. The van der Waals surface area contributed by atoms with E-state index in [0.717, 1.165) is 17.5 Å². The van der Waals surface area contributed by atoms with Crippen LogP contribution in [0.3, 0.4) is 0 Å². The third kappa shape index (κ3) is 2.78. The largest absolute Gasteiger partial charge is 0.198 e. The van der Waals surface area contributed by atoms with Gasteiger partial charge in [0.1, 0.15) is 0 Å². The molecule has 0 fully saturated rings. The summed E-state index contributed by atoms with van der Waals surface area (Å²) in [6, 6.07) is 7.83. The molecule has 88 valence electrons. The fourth-order valence-corrected chi connectivity index (χ4v) is 1.91. The van der Waals surface area contributed by atoms with Gasteiger partial charge in [0.05, 0.1) is 24.1 Å². The highest BCUT2D eigenvalue weighted by Gasteiger charge is 2.23. The number of hydrogen-bond donors (Lipinski definition) is 0. The van der Waals surface area contributed by atoms with Crippen molar-refractivity contribution in [3.63, 3.8) is 0 Å². The molecule has 2 nitrogen and oxygen atoms in total. The molecule has 0 atom stereocenters. The number of nitriles is 2. The Balaban J connectivity index is 3.44. The van der Waals surface area contributed by atoms with Gasteiger partial charge in [0.2, 0.25) is 0 Å². The smallest absolute Gasteiger partial charge is 0.0995 e. The zero-order chi connectivity index (χ0) is 13.1. The Bertz CT molecular complexity index is 504. The predicted molar refractivity (Wildman–Crippen MR) is 68.8 cm³/mol. The monoisotopic (exact) mass is 246 g/mol. The molecule has 0 unspecified atom stereocenters. The second-order valence-electron chi connectivity index (χ2n) is 4.67. The average molecular weight is 247 g/mol. The molecule has 0 N–H and O–H groups in total. The molecule has 3 heteroatoms. The van der Waals surface area contributed by atoms with E-state index >= 15 is 0 Å². The Morgan fingerprint density at radius 3 is 2.41 bits per heavy atom. The van der Waals surface area contributed by atoms with Crippen molar-refractivity contribution in [1.29, 1.82) is 10.5 Å². The lowest BCUT2D eigenvalue weighted by Gasteiger charge is -2.25. The third-order valence-electron chi connectivity index (χ3n) is 3.19. The first kappa shape index (κ1) is 13.6. The molecule has 0 radical (unpaired) electrons. The molecular weight excluding hydrogens is 232 g/mol. The highest BCUT2D eigenvalue weighted by Crippen LogP contribution is 2.33. The summed E-state index contributed by atoms with van der Waals surface area (Å²) in [5, 5.41) is 18.4. The van der Waals surface area contributed by atoms with E-state index in [2.05, 4.69) is 32.9 Å². The summed E-state index contributed by atoms with van der Waals surface area (Å²) >= 11 is 6.05. The molecule has 0 aliphatic heterocycles. The fourth-order valence-electron chi connectivity index (χ4n) is 1.68. The van der Waals surface area contributed by atoms with Crippen molar-refractivity contribution in [1.82, 2.24) is 0 Å². The Kier molecular flexibility index (Phi) is 4.16. The van der Waals surface area contributed by atoms with Crippen molar-refractivity contribution in [2.45, 2.75) is 39.0 Å². The zero-order valence-electron chi connectivity index (χ0n) is 10.3. The average Bonchev–Trinajstić information content (AvgIpc) is 2.31. The van der Waals surface area contributed by atoms with E-state index < -0.39 is 0 Å². The number of hydrogen-bond acceptors (Lipinski definition) is 2. The van der Waals surface area contributed by atoms with E-state index in [-0.39, 0.29) is 11.8 Å². The van der Waals surface area contributed by atoms with Crippen molar-refractivity contribution >= 4 is 11.6 Å². The Morgan fingerprint density at radius 2 is 1.94 bits per heavy atom. The zero-order valence-corrected chi connectivity index (χ0v) is 11.1. The van der Waals surface area contributed by atoms with Gasteiger partial charge in [-0.3, -0.25) is 0 Å². The molecule has 0 bridgehead atoms. The number of nitrogens with zero attached hydrogens (tertiary/aromatic N) is 2. The van der Waals surface area contributed by atoms with Gasteiger partial charge >= 0.3 is 0 Å². The van der Waals surface area contributed by atoms with E-state index in [1.165, 1.54) is 0 Å². The van der Waals surface area contributed by atoms with E-state index in [4.69, 9.17) is 22.1 Å². The highest BCUT2D eigenvalue weighted by molar-refractivity contribution is 6.31. The molecule has 0 heterocycles. The highest BCUT2D eigenvalue weighted by atomic mass is 35.5. The van der Waals surface area contributed by atoms with Gasteiger partial charge in [0.15, 0.2) is 0 Å². The normalized spacial score (nSPS) is 10.7. The topological polar surface area (TPSA) is 47.6 Å². The van der Waals surface area contributed by atoms with Gasteiger partial charge in [-0.15, -0.1) is 0 Å². The van der Waals surface area contributed by atoms with Crippen LogP contribution >= 0.6 is 11.6 Å². The van der Waals surface area contributed by atoms with Gasteiger partial charge in [-0.05, 0) is 29.0 Å². The van der Waals surface area contributed by atoms with E-state index in [1.54, 1.807) is 6.07 Å². The Labute approximate surface area is 107 Å². The summed E-state index contributed by atoms with van der Waals surface area (Å²) in [6.07, 6.45) is 1.20. The molecule has 1 rings (SSSR count). The molecule has 0 aliphatic carbocycles. The van der Waals surface area contributed by atoms with Gasteiger partial charge in [-0.25, -0.2) is 0 Å².